The molecule has 0 aliphatic carbocycles. The summed E-state index contributed by atoms with van der Waals surface area (Å²) in [4.78, 5) is 28.5. The molecule has 0 spiro atoms. The molecular formula is C32H41N3O5S. The Labute approximate surface area is 244 Å². The molecule has 0 bridgehead atoms. The average Bonchev–Trinajstić information content (AvgIpc) is 2.94. The first kappa shape index (κ1) is 31.7. The lowest BCUT2D eigenvalue weighted by atomic mass is 10.0. The van der Waals surface area contributed by atoms with Gasteiger partial charge < -0.3 is 15.0 Å². The number of amides is 2. The molecule has 0 heterocycles. The summed E-state index contributed by atoms with van der Waals surface area (Å²) in [5.41, 5.74) is 3.11. The van der Waals surface area contributed by atoms with Crippen LogP contribution in [0.25, 0.3) is 0 Å². The van der Waals surface area contributed by atoms with E-state index >= 15 is 0 Å². The van der Waals surface area contributed by atoms with Crippen molar-refractivity contribution in [2.75, 3.05) is 18.0 Å². The summed E-state index contributed by atoms with van der Waals surface area (Å²) < 4.78 is 34.3. The van der Waals surface area contributed by atoms with E-state index in [-0.39, 0.29) is 29.3 Å². The van der Waals surface area contributed by atoms with E-state index < -0.39 is 28.5 Å². The van der Waals surface area contributed by atoms with Crippen LogP contribution in [0.5, 0.6) is 5.75 Å². The molecule has 41 heavy (non-hydrogen) atoms. The van der Waals surface area contributed by atoms with Gasteiger partial charge in [-0.15, -0.1) is 0 Å². The Kier molecular flexibility index (Phi) is 10.6. The van der Waals surface area contributed by atoms with Gasteiger partial charge in [-0.25, -0.2) is 8.42 Å². The van der Waals surface area contributed by atoms with E-state index in [1.165, 1.54) is 4.90 Å². The van der Waals surface area contributed by atoms with E-state index in [1.807, 2.05) is 45.0 Å². The molecule has 3 rings (SSSR count). The number of sulfonamides is 1. The van der Waals surface area contributed by atoms with Crippen LogP contribution in [0.15, 0.2) is 77.7 Å². The number of carbonyl (C=O) groups excluding carboxylic acids is 2. The number of aryl methyl sites for hydroxylation is 1. The first-order valence-electron chi connectivity index (χ1n) is 13.8. The molecule has 220 valence electrons. The Hall–Kier alpha value is -3.85. The molecule has 0 unspecified atom stereocenters. The minimum atomic E-state index is -4.11. The molecule has 3 aromatic rings. The van der Waals surface area contributed by atoms with Gasteiger partial charge in [0.05, 0.1) is 17.7 Å². The standard InChI is InChI=1S/C32H41N3O5S/c1-22(2)27-12-14-28(15-13-27)35(41(38,39)30-18-8-24(5)9-19-30)21-31(36)34(25(6)32(37)33-23(3)4)20-26-10-16-29(40-7)17-11-26/h8-19,22-23,25H,20-21H2,1-7H3,(H,33,37)/t25-/m1/s1. The van der Waals surface area contributed by atoms with Crippen molar-refractivity contribution in [1.82, 2.24) is 10.2 Å². The molecule has 0 fully saturated rings. The quantitative estimate of drug-likeness (QED) is 0.316. The molecule has 9 heteroatoms. The number of nitrogens with one attached hydrogen (secondary N) is 1. The Balaban J connectivity index is 2.04. The summed E-state index contributed by atoms with van der Waals surface area (Å²) in [5, 5.41) is 2.86. The number of hydrogen-bond acceptors (Lipinski definition) is 5. The van der Waals surface area contributed by atoms with Gasteiger partial charge in [0, 0.05) is 12.6 Å². The lowest BCUT2D eigenvalue weighted by molar-refractivity contribution is -0.139. The smallest absolute Gasteiger partial charge is 0.264 e. The van der Waals surface area contributed by atoms with Crippen LogP contribution in [0.3, 0.4) is 0 Å². The number of methoxy groups -OCH3 is 1. The summed E-state index contributed by atoms with van der Waals surface area (Å²) in [6.45, 7) is 11.0. The van der Waals surface area contributed by atoms with E-state index in [0.717, 1.165) is 21.0 Å². The maximum Gasteiger partial charge on any atom is 0.264 e. The third kappa shape index (κ3) is 8.10. The van der Waals surface area contributed by atoms with Gasteiger partial charge in [0.15, 0.2) is 0 Å². The number of carbonyl (C=O) groups is 2. The van der Waals surface area contributed by atoms with Crippen LogP contribution in [0.1, 0.15) is 57.2 Å². The monoisotopic (exact) mass is 579 g/mol. The summed E-state index contributed by atoms with van der Waals surface area (Å²) in [6, 6.07) is 19.9. The van der Waals surface area contributed by atoms with Crippen molar-refractivity contribution in [1.29, 1.82) is 0 Å². The fourth-order valence-corrected chi connectivity index (χ4v) is 5.72. The minimum Gasteiger partial charge on any atom is -0.497 e. The number of anilines is 1. The molecule has 0 aromatic heterocycles. The van der Waals surface area contributed by atoms with Gasteiger partial charge in [0.25, 0.3) is 10.0 Å². The van der Waals surface area contributed by atoms with Crippen molar-refractivity contribution < 1.29 is 22.7 Å². The van der Waals surface area contributed by atoms with Gasteiger partial charge in [-0.05, 0) is 81.1 Å². The fraction of sp³-hybridized carbons (Fsp3) is 0.375. The molecule has 1 atom stereocenters. The largest absolute Gasteiger partial charge is 0.497 e. The maximum absolute atomic E-state index is 14.0. The minimum absolute atomic E-state index is 0.0798. The van der Waals surface area contributed by atoms with Crippen molar-refractivity contribution in [2.45, 2.75) is 71.0 Å². The van der Waals surface area contributed by atoms with Crippen LogP contribution >= 0.6 is 0 Å². The van der Waals surface area contributed by atoms with Crippen LogP contribution in [0.2, 0.25) is 0 Å². The highest BCUT2D eigenvalue weighted by molar-refractivity contribution is 7.92. The van der Waals surface area contributed by atoms with Crippen LogP contribution < -0.4 is 14.4 Å². The number of nitrogens with zero attached hydrogens (tertiary/aromatic N) is 2. The van der Waals surface area contributed by atoms with Crippen LogP contribution in [-0.2, 0) is 26.2 Å². The number of hydrogen-bond donors (Lipinski definition) is 1. The van der Waals surface area contributed by atoms with Gasteiger partial charge >= 0.3 is 0 Å². The van der Waals surface area contributed by atoms with E-state index in [2.05, 4.69) is 19.2 Å². The predicted molar refractivity (Wildman–Crippen MR) is 163 cm³/mol. The molecule has 0 aliphatic heterocycles. The third-order valence-electron chi connectivity index (χ3n) is 6.85. The fourth-order valence-electron chi connectivity index (χ4n) is 4.31. The predicted octanol–water partition coefficient (Wildman–Crippen LogP) is 5.26. The zero-order chi connectivity index (χ0) is 30.3. The van der Waals surface area contributed by atoms with Crippen molar-refractivity contribution in [3.63, 3.8) is 0 Å². The topological polar surface area (TPSA) is 96.0 Å². The second kappa shape index (κ2) is 13.7. The van der Waals surface area contributed by atoms with Gasteiger partial charge in [-0.2, -0.15) is 0 Å². The zero-order valence-corrected chi connectivity index (χ0v) is 25.7. The first-order valence-corrected chi connectivity index (χ1v) is 15.2. The molecule has 1 N–H and O–H groups in total. The lowest BCUT2D eigenvalue weighted by Gasteiger charge is -2.32. The lowest BCUT2D eigenvalue weighted by Crippen LogP contribution is -2.52. The second-order valence-electron chi connectivity index (χ2n) is 10.8. The SMILES string of the molecule is COc1ccc(CN(C(=O)CN(c2ccc(C(C)C)cc2)S(=O)(=O)c2ccc(C)cc2)[C@H](C)C(=O)NC(C)C)cc1. The molecule has 0 saturated carbocycles. The summed E-state index contributed by atoms with van der Waals surface area (Å²) in [6.07, 6.45) is 0. The van der Waals surface area contributed by atoms with Gasteiger partial charge in [0.2, 0.25) is 11.8 Å². The van der Waals surface area contributed by atoms with Crippen LogP contribution in [0, 0.1) is 6.92 Å². The van der Waals surface area contributed by atoms with Gasteiger partial charge in [-0.3, -0.25) is 13.9 Å². The molecule has 0 radical (unpaired) electrons. The maximum atomic E-state index is 14.0. The summed E-state index contributed by atoms with van der Waals surface area (Å²) >= 11 is 0. The van der Waals surface area contributed by atoms with Crippen molar-refractivity contribution in [3.8, 4) is 5.75 Å². The Morgan fingerprint density at radius 2 is 1.44 bits per heavy atom. The third-order valence-corrected chi connectivity index (χ3v) is 8.63. The molecule has 2 amide bonds. The Bertz CT molecular complexity index is 1420. The van der Waals surface area contributed by atoms with Crippen LogP contribution in [0.4, 0.5) is 5.69 Å². The second-order valence-corrected chi connectivity index (χ2v) is 12.6. The molecule has 3 aromatic carbocycles. The van der Waals surface area contributed by atoms with Crippen molar-refractivity contribution in [3.05, 3.63) is 89.5 Å². The van der Waals surface area contributed by atoms with E-state index in [1.54, 1.807) is 62.6 Å². The Morgan fingerprint density at radius 1 is 0.854 bits per heavy atom. The number of rotatable bonds is 12. The zero-order valence-electron chi connectivity index (χ0n) is 24.9. The summed E-state index contributed by atoms with van der Waals surface area (Å²) in [5.74, 6) is 0.0949. The molecule has 8 nitrogen and oxygen atoms in total. The highest BCUT2D eigenvalue weighted by atomic mass is 32.2. The molecule has 0 aliphatic rings. The number of ether oxygens (including phenoxy) is 1. The van der Waals surface area contributed by atoms with Gasteiger partial charge in [-0.1, -0.05) is 55.8 Å². The Morgan fingerprint density at radius 3 is 1.95 bits per heavy atom. The molecule has 0 saturated heterocycles. The summed E-state index contributed by atoms with van der Waals surface area (Å²) in [7, 11) is -2.54. The highest BCUT2D eigenvalue weighted by Gasteiger charge is 2.32. The van der Waals surface area contributed by atoms with Crippen molar-refractivity contribution in [2.24, 2.45) is 0 Å². The molecular weight excluding hydrogens is 538 g/mol. The van der Waals surface area contributed by atoms with E-state index in [4.69, 9.17) is 4.74 Å². The first-order chi connectivity index (χ1) is 19.3. The van der Waals surface area contributed by atoms with Crippen LogP contribution in [-0.4, -0.2) is 50.9 Å². The average molecular weight is 580 g/mol. The van der Waals surface area contributed by atoms with E-state index in [9.17, 15) is 18.0 Å². The normalized spacial score (nSPS) is 12.2. The highest BCUT2D eigenvalue weighted by Crippen LogP contribution is 2.27. The van der Waals surface area contributed by atoms with Crippen molar-refractivity contribution >= 4 is 27.5 Å². The number of benzene rings is 3. The van der Waals surface area contributed by atoms with E-state index in [0.29, 0.717) is 11.4 Å². The van der Waals surface area contributed by atoms with Gasteiger partial charge in [0.1, 0.15) is 18.3 Å².